The average molecular weight is 217 g/mol. The van der Waals surface area contributed by atoms with Gasteiger partial charge in [-0.2, -0.15) is 0 Å². The second-order valence-corrected chi connectivity index (χ2v) is 3.11. The van der Waals surface area contributed by atoms with Crippen LogP contribution < -0.4 is 5.59 Å². The van der Waals surface area contributed by atoms with E-state index in [1.165, 1.54) is 0 Å². The summed E-state index contributed by atoms with van der Waals surface area (Å²) in [6.07, 6.45) is 6.29. The van der Waals surface area contributed by atoms with E-state index >= 15 is 0 Å². The molecule has 0 atom stereocenters. The highest BCUT2D eigenvalue weighted by Crippen LogP contribution is 2.13. The Hall–Kier alpha value is -2.50. The van der Waals surface area contributed by atoms with E-state index < -0.39 is 0 Å². The molecule has 1 aliphatic rings. The Morgan fingerprint density at radius 1 is 0.938 bits per heavy atom. The van der Waals surface area contributed by atoms with E-state index in [2.05, 4.69) is 15.8 Å². The van der Waals surface area contributed by atoms with Gasteiger partial charge in [0.2, 0.25) is 0 Å². The SMILES string of the molecule is c1cc(C2=NNON=C2c2ccoc2)co1. The first-order valence-electron chi connectivity index (χ1n) is 4.57. The fraction of sp³-hybridized carbons (Fsp3) is 0. The zero-order chi connectivity index (χ0) is 10.8. The van der Waals surface area contributed by atoms with Crippen LogP contribution in [0.1, 0.15) is 11.1 Å². The molecule has 0 radical (unpaired) electrons. The number of nitrogens with zero attached hydrogens (tertiary/aromatic N) is 2. The molecule has 16 heavy (non-hydrogen) atoms. The summed E-state index contributed by atoms with van der Waals surface area (Å²) in [7, 11) is 0. The van der Waals surface area contributed by atoms with Gasteiger partial charge in [-0.05, 0) is 17.3 Å². The van der Waals surface area contributed by atoms with Crippen LogP contribution in [0.3, 0.4) is 0 Å². The second kappa shape index (κ2) is 3.58. The normalized spacial score (nSPS) is 14.8. The molecule has 0 bridgehead atoms. The van der Waals surface area contributed by atoms with Crippen molar-refractivity contribution in [3.05, 3.63) is 48.3 Å². The molecule has 0 fully saturated rings. The number of furan rings is 2. The van der Waals surface area contributed by atoms with Gasteiger partial charge in [-0.15, -0.1) is 10.7 Å². The quantitative estimate of drug-likeness (QED) is 0.827. The van der Waals surface area contributed by atoms with E-state index in [1.807, 2.05) is 0 Å². The van der Waals surface area contributed by atoms with Crippen molar-refractivity contribution in [1.82, 2.24) is 5.59 Å². The molecule has 0 unspecified atom stereocenters. The van der Waals surface area contributed by atoms with Crippen LogP contribution in [0.5, 0.6) is 0 Å². The van der Waals surface area contributed by atoms with Crippen molar-refractivity contribution < 1.29 is 13.8 Å². The Balaban J connectivity index is 2.04. The fourth-order valence-electron chi connectivity index (χ4n) is 1.42. The zero-order valence-corrected chi connectivity index (χ0v) is 8.08. The molecule has 80 valence electrons. The van der Waals surface area contributed by atoms with Crippen LogP contribution in [0, 0.1) is 0 Å². The monoisotopic (exact) mass is 217 g/mol. The van der Waals surface area contributed by atoms with Gasteiger partial charge in [-0.1, -0.05) is 0 Å². The van der Waals surface area contributed by atoms with Crippen molar-refractivity contribution in [2.45, 2.75) is 0 Å². The third-order valence-corrected chi connectivity index (χ3v) is 2.15. The topological polar surface area (TPSA) is 72.3 Å². The largest absolute Gasteiger partial charge is 0.472 e. The predicted octanol–water partition coefficient (Wildman–Crippen LogP) is 1.52. The molecule has 0 aromatic carbocycles. The van der Waals surface area contributed by atoms with Gasteiger partial charge in [-0.3, -0.25) is 4.94 Å². The third kappa shape index (κ3) is 1.36. The predicted molar refractivity (Wildman–Crippen MR) is 54.7 cm³/mol. The lowest BCUT2D eigenvalue weighted by Crippen LogP contribution is -2.25. The van der Waals surface area contributed by atoms with E-state index in [0.29, 0.717) is 11.4 Å². The third-order valence-electron chi connectivity index (χ3n) is 2.15. The summed E-state index contributed by atoms with van der Waals surface area (Å²) < 4.78 is 10.0. The van der Waals surface area contributed by atoms with Crippen LogP contribution in [-0.4, -0.2) is 11.4 Å². The maximum Gasteiger partial charge on any atom is 0.144 e. The number of oxime groups is 1. The van der Waals surface area contributed by atoms with Gasteiger partial charge >= 0.3 is 0 Å². The standard InChI is InChI=1S/C10H7N3O3/c1-3-14-5-7(1)9-10(12-16-13-11-9)8-2-4-15-6-8/h1-6,13H. The first kappa shape index (κ1) is 8.78. The molecular formula is C10H7N3O3. The molecule has 0 aliphatic carbocycles. The van der Waals surface area contributed by atoms with Crippen molar-refractivity contribution >= 4 is 11.4 Å². The molecule has 3 rings (SSSR count). The highest BCUT2D eigenvalue weighted by molar-refractivity contribution is 6.53. The van der Waals surface area contributed by atoms with Gasteiger partial charge in [0.05, 0.1) is 25.1 Å². The number of nitrogens with one attached hydrogen (secondary N) is 1. The van der Waals surface area contributed by atoms with Crippen molar-refractivity contribution in [2.75, 3.05) is 0 Å². The van der Waals surface area contributed by atoms with Crippen LogP contribution in [-0.2, 0) is 4.94 Å². The molecule has 0 saturated heterocycles. The lowest BCUT2D eigenvalue weighted by molar-refractivity contribution is 0.0462. The lowest BCUT2D eigenvalue weighted by Gasteiger charge is -2.10. The van der Waals surface area contributed by atoms with Crippen LogP contribution >= 0.6 is 0 Å². The first-order chi connectivity index (χ1) is 7.95. The minimum Gasteiger partial charge on any atom is -0.472 e. The molecule has 2 aromatic heterocycles. The molecule has 0 amide bonds. The molecule has 1 N–H and O–H groups in total. The summed E-state index contributed by atoms with van der Waals surface area (Å²) >= 11 is 0. The van der Waals surface area contributed by atoms with Crippen molar-refractivity contribution in [3.63, 3.8) is 0 Å². The van der Waals surface area contributed by atoms with E-state index in [9.17, 15) is 0 Å². The minimum absolute atomic E-state index is 0.592. The molecular weight excluding hydrogens is 210 g/mol. The van der Waals surface area contributed by atoms with E-state index in [1.54, 1.807) is 37.2 Å². The summed E-state index contributed by atoms with van der Waals surface area (Å²) in [6.45, 7) is 0. The van der Waals surface area contributed by atoms with Crippen LogP contribution in [0.2, 0.25) is 0 Å². The Labute approximate surface area is 90.1 Å². The molecule has 0 spiro atoms. The minimum atomic E-state index is 0.592. The number of hydrogen-bond donors (Lipinski definition) is 1. The van der Waals surface area contributed by atoms with Crippen molar-refractivity contribution in [1.29, 1.82) is 0 Å². The summed E-state index contributed by atoms with van der Waals surface area (Å²) in [5, 5.41) is 7.90. The average Bonchev–Trinajstić information content (AvgIpc) is 3.03. The summed E-state index contributed by atoms with van der Waals surface area (Å²) in [4.78, 5) is 4.71. The van der Waals surface area contributed by atoms with Gasteiger partial charge in [-0.25, -0.2) is 0 Å². The van der Waals surface area contributed by atoms with E-state index in [0.717, 1.165) is 11.1 Å². The molecule has 2 aromatic rings. The first-order valence-corrected chi connectivity index (χ1v) is 4.57. The maximum atomic E-state index is 5.01. The van der Waals surface area contributed by atoms with Crippen molar-refractivity contribution in [2.24, 2.45) is 10.3 Å². The molecule has 0 saturated carbocycles. The Bertz CT molecular complexity index is 475. The van der Waals surface area contributed by atoms with Gasteiger partial charge in [0.25, 0.3) is 0 Å². The van der Waals surface area contributed by atoms with Gasteiger partial charge in [0.1, 0.15) is 11.4 Å². The van der Waals surface area contributed by atoms with E-state index in [-0.39, 0.29) is 0 Å². The van der Waals surface area contributed by atoms with Crippen LogP contribution in [0.15, 0.2) is 56.3 Å². The zero-order valence-electron chi connectivity index (χ0n) is 8.08. The van der Waals surface area contributed by atoms with Gasteiger partial charge in [0.15, 0.2) is 0 Å². The number of rotatable bonds is 2. The highest BCUT2D eigenvalue weighted by Gasteiger charge is 2.20. The smallest absolute Gasteiger partial charge is 0.144 e. The molecule has 3 heterocycles. The highest BCUT2D eigenvalue weighted by atomic mass is 16.8. The lowest BCUT2D eigenvalue weighted by atomic mass is 10.0. The second-order valence-electron chi connectivity index (χ2n) is 3.11. The van der Waals surface area contributed by atoms with Crippen molar-refractivity contribution in [3.8, 4) is 0 Å². The number of hydrogen-bond acceptors (Lipinski definition) is 6. The summed E-state index contributed by atoms with van der Waals surface area (Å²) in [6, 6.07) is 3.57. The van der Waals surface area contributed by atoms with Crippen LogP contribution in [0.4, 0.5) is 0 Å². The Morgan fingerprint density at radius 3 is 2.25 bits per heavy atom. The fourth-order valence-corrected chi connectivity index (χ4v) is 1.42. The van der Waals surface area contributed by atoms with E-state index in [4.69, 9.17) is 13.8 Å². The molecule has 6 heteroatoms. The van der Waals surface area contributed by atoms with Crippen LogP contribution in [0.25, 0.3) is 0 Å². The van der Waals surface area contributed by atoms with Gasteiger partial charge < -0.3 is 8.83 Å². The number of hydrazone groups is 1. The Morgan fingerprint density at radius 2 is 1.62 bits per heavy atom. The molecule has 6 nitrogen and oxygen atoms in total. The maximum absolute atomic E-state index is 5.01. The van der Waals surface area contributed by atoms with Gasteiger partial charge in [0, 0.05) is 11.1 Å². The molecule has 1 aliphatic heterocycles. The summed E-state index contributed by atoms with van der Waals surface area (Å²) in [5.74, 6) is 0. The summed E-state index contributed by atoms with van der Waals surface area (Å²) in [5.41, 5.74) is 5.18. The Kier molecular flexibility index (Phi) is 1.96.